The van der Waals surface area contributed by atoms with Crippen LogP contribution in [0.5, 0.6) is 0 Å². The van der Waals surface area contributed by atoms with Crippen LogP contribution in [0.3, 0.4) is 0 Å². The smallest absolute Gasteiger partial charge is 0.341 e. The number of esters is 1. The standard InChI is InChI=1S/C25H25N5O3/c1-3-33-25(32)23-16-28-30(18(23)2)22-11-9-21(10-12-22)24(31)26-15-19-5-7-20(8-6-19)17-29-14-4-13-27-29/h4-14,16H,3,15,17H2,1-2H3,(H,26,31). The fourth-order valence-corrected chi connectivity index (χ4v) is 3.46. The Labute approximate surface area is 191 Å². The zero-order chi connectivity index (χ0) is 23.2. The van der Waals surface area contributed by atoms with Crippen LogP contribution in [0.25, 0.3) is 5.69 Å². The van der Waals surface area contributed by atoms with Gasteiger partial charge in [-0.15, -0.1) is 0 Å². The van der Waals surface area contributed by atoms with E-state index >= 15 is 0 Å². The Hall–Kier alpha value is -4.20. The topological polar surface area (TPSA) is 91.0 Å². The number of aromatic nitrogens is 4. The van der Waals surface area contributed by atoms with Gasteiger partial charge in [0.15, 0.2) is 0 Å². The van der Waals surface area contributed by atoms with Gasteiger partial charge in [0.1, 0.15) is 5.56 Å². The van der Waals surface area contributed by atoms with Crippen molar-refractivity contribution in [3.05, 3.63) is 101 Å². The molecule has 8 heteroatoms. The van der Waals surface area contributed by atoms with Crippen molar-refractivity contribution in [2.45, 2.75) is 26.9 Å². The van der Waals surface area contributed by atoms with Crippen LogP contribution in [0, 0.1) is 6.92 Å². The lowest BCUT2D eigenvalue weighted by Crippen LogP contribution is -2.22. The molecule has 0 saturated heterocycles. The minimum atomic E-state index is -0.397. The van der Waals surface area contributed by atoms with E-state index < -0.39 is 5.97 Å². The molecular weight excluding hydrogens is 418 g/mol. The Morgan fingerprint density at radius 3 is 2.39 bits per heavy atom. The molecule has 33 heavy (non-hydrogen) atoms. The van der Waals surface area contributed by atoms with E-state index in [1.165, 1.54) is 6.20 Å². The summed E-state index contributed by atoms with van der Waals surface area (Å²) in [5.41, 5.74) is 4.57. The monoisotopic (exact) mass is 443 g/mol. The van der Waals surface area contributed by atoms with Crippen LogP contribution in [0.4, 0.5) is 0 Å². The van der Waals surface area contributed by atoms with Gasteiger partial charge in [-0.3, -0.25) is 9.48 Å². The second-order valence-electron chi connectivity index (χ2n) is 7.53. The van der Waals surface area contributed by atoms with Gasteiger partial charge in [0.05, 0.1) is 30.7 Å². The molecule has 0 bridgehead atoms. The van der Waals surface area contributed by atoms with Crippen LogP contribution in [0.15, 0.2) is 73.2 Å². The van der Waals surface area contributed by atoms with Gasteiger partial charge in [0.25, 0.3) is 5.91 Å². The first-order valence-corrected chi connectivity index (χ1v) is 10.7. The average Bonchev–Trinajstić information content (AvgIpc) is 3.48. The Balaban J connectivity index is 1.35. The van der Waals surface area contributed by atoms with Gasteiger partial charge in [-0.05, 0) is 55.3 Å². The second kappa shape index (κ2) is 9.95. The molecule has 4 aromatic rings. The number of rotatable bonds is 8. The zero-order valence-electron chi connectivity index (χ0n) is 18.6. The molecule has 1 amide bonds. The third-order valence-corrected chi connectivity index (χ3v) is 5.26. The molecule has 1 N–H and O–H groups in total. The van der Waals surface area contributed by atoms with Crippen molar-refractivity contribution in [1.82, 2.24) is 24.9 Å². The van der Waals surface area contributed by atoms with Crippen LogP contribution in [0.1, 0.15) is 44.5 Å². The van der Waals surface area contributed by atoms with Gasteiger partial charge in [0.2, 0.25) is 0 Å². The molecule has 0 unspecified atom stereocenters. The molecule has 8 nitrogen and oxygen atoms in total. The lowest BCUT2D eigenvalue weighted by atomic mass is 10.1. The van der Waals surface area contributed by atoms with Crippen molar-refractivity contribution in [2.75, 3.05) is 6.61 Å². The summed E-state index contributed by atoms with van der Waals surface area (Å²) in [5, 5.41) is 11.4. The molecule has 2 aromatic carbocycles. The Kier molecular flexibility index (Phi) is 6.64. The summed E-state index contributed by atoms with van der Waals surface area (Å²) in [6.45, 7) is 5.02. The van der Waals surface area contributed by atoms with Gasteiger partial charge in [-0.25, -0.2) is 9.48 Å². The number of carbonyl (C=O) groups excluding carboxylic acids is 2. The zero-order valence-corrected chi connectivity index (χ0v) is 18.6. The molecule has 4 rings (SSSR count). The van der Waals surface area contributed by atoms with Crippen LogP contribution in [0.2, 0.25) is 0 Å². The molecule has 2 heterocycles. The van der Waals surface area contributed by atoms with Crippen molar-refractivity contribution < 1.29 is 14.3 Å². The van der Waals surface area contributed by atoms with E-state index in [9.17, 15) is 9.59 Å². The summed E-state index contributed by atoms with van der Waals surface area (Å²) in [4.78, 5) is 24.6. The van der Waals surface area contributed by atoms with E-state index in [4.69, 9.17) is 4.74 Å². The highest BCUT2D eigenvalue weighted by Crippen LogP contribution is 2.16. The lowest BCUT2D eigenvalue weighted by molar-refractivity contribution is 0.0525. The van der Waals surface area contributed by atoms with Crippen molar-refractivity contribution in [2.24, 2.45) is 0 Å². The molecule has 0 saturated carbocycles. The van der Waals surface area contributed by atoms with Crippen molar-refractivity contribution in [3.63, 3.8) is 0 Å². The van der Waals surface area contributed by atoms with E-state index in [-0.39, 0.29) is 5.91 Å². The van der Waals surface area contributed by atoms with Gasteiger partial charge in [-0.1, -0.05) is 24.3 Å². The largest absolute Gasteiger partial charge is 0.462 e. The predicted octanol–water partition coefficient (Wildman–Crippen LogP) is 3.53. The fraction of sp³-hybridized carbons (Fsp3) is 0.200. The van der Waals surface area contributed by atoms with Crippen LogP contribution in [-0.4, -0.2) is 38.0 Å². The fourth-order valence-electron chi connectivity index (χ4n) is 3.46. The summed E-state index contributed by atoms with van der Waals surface area (Å²) in [5.74, 6) is -0.557. The third kappa shape index (κ3) is 5.17. The molecular formula is C25H25N5O3. The SMILES string of the molecule is CCOC(=O)c1cnn(-c2ccc(C(=O)NCc3ccc(Cn4cccn4)cc3)cc2)c1C. The maximum absolute atomic E-state index is 12.6. The van der Waals surface area contributed by atoms with Crippen molar-refractivity contribution in [3.8, 4) is 5.69 Å². The van der Waals surface area contributed by atoms with Gasteiger partial charge in [-0.2, -0.15) is 10.2 Å². The minimum absolute atomic E-state index is 0.161. The first-order valence-electron chi connectivity index (χ1n) is 10.7. The summed E-state index contributed by atoms with van der Waals surface area (Å²) in [6.07, 6.45) is 5.17. The molecule has 0 radical (unpaired) electrons. The number of amides is 1. The third-order valence-electron chi connectivity index (χ3n) is 5.26. The Morgan fingerprint density at radius 2 is 1.73 bits per heavy atom. The summed E-state index contributed by atoms with van der Waals surface area (Å²) in [7, 11) is 0. The first kappa shape index (κ1) is 22.0. The normalized spacial score (nSPS) is 10.7. The minimum Gasteiger partial charge on any atom is -0.462 e. The predicted molar refractivity (Wildman–Crippen MR) is 123 cm³/mol. The lowest BCUT2D eigenvalue weighted by Gasteiger charge is -2.09. The van der Waals surface area contributed by atoms with Crippen molar-refractivity contribution >= 4 is 11.9 Å². The van der Waals surface area contributed by atoms with Gasteiger partial charge >= 0.3 is 5.97 Å². The number of hydrogen-bond donors (Lipinski definition) is 1. The summed E-state index contributed by atoms with van der Waals surface area (Å²) in [6, 6.07) is 17.1. The number of hydrogen-bond acceptors (Lipinski definition) is 5. The maximum atomic E-state index is 12.6. The number of benzene rings is 2. The first-order chi connectivity index (χ1) is 16.0. The highest BCUT2D eigenvalue weighted by molar-refractivity contribution is 5.94. The molecule has 168 valence electrons. The summed E-state index contributed by atoms with van der Waals surface area (Å²) >= 11 is 0. The Morgan fingerprint density at radius 1 is 1.00 bits per heavy atom. The quantitative estimate of drug-likeness (QED) is 0.421. The maximum Gasteiger partial charge on any atom is 0.341 e. The number of ether oxygens (including phenoxy) is 1. The number of carbonyl (C=O) groups is 2. The molecule has 0 aliphatic rings. The second-order valence-corrected chi connectivity index (χ2v) is 7.53. The van der Waals surface area contributed by atoms with Crippen LogP contribution in [-0.2, 0) is 17.8 Å². The van der Waals surface area contributed by atoms with E-state index in [0.717, 1.165) is 16.8 Å². The number of nitrogens with zero attached hydrogens (tertiary/aromatic N) is 4. The number of nitrogens with one attached hydrogen (secondary N) is 1. The van der Waals surface area contributed by atoms with Gasteiger partial charge < -0.3 is 10.1 Å². The summed E-state index contributed by atoms with van der Waals surface area (Å²) < 4.78 is 8.57. The average molecular weight is 444 g/mol. The van der Waals surface area contributed by atoms with E-state index in [1.807, 2.05) is 41.2 Å². The van der Waals surface area contributed by atoms with E-state index in [0.29, 0.717) is 36.5 Å². The Bertz CT molecular complexity index is 1230. The van der Waals surface area contributed by atoms with Gasteiger partial charge in [0, 0.05) is 24.5 Å². The molecule has 0 atom stereocenters. The highest BCUT2D eigenvalue weighted by atomic mass is 16.5. The van der Waals surface area contributed by atoms with Crippen LogP contribution >= 0.6 is 0 Å². The molecule has 0 fully saturated rings. The molecule has 0 spiro atoms. The highest BCUT2D eigenvalue weighted by Gasteiger charge is 2.16. The molecule has 2 aromatic heterocycles. The molecule has 0 aliphatic carbocycles. The van der Waals surface area contributed by atoms with E-state index in [1.54, 1.807) is 49.0 Å². The van der Waals surface area contributed by atoms with Crippen LogP contribution < -0.4 is 5.32 Å². The van der Waals surface area contributed by atoms with Crippen molar-refractivity contribution in [1.29, 1.82) is 0 Å². The van der Waals surface area contributed by atoms with E-state index in [2.05, 4.69) is 15.5 Å². The molecule has 0 aliphatic heterocycles.